The third-order valence-corrected chi connectivity index (χ3v) is 5.22. The second-order valence-corrected chi connectivity index (χ2v) is 7.34. The van der Waals surface area contributed by atoms with Crippen LogP contribution in [0.2, 0.25) is 0 Å². The molecule has 29 heavy (non-hydrogen) atoms. The third-order valence-electron chi connectivity index (χ3n) is 4.28. The lowest BCUT2D eigenvalue weighted by molar-refractivity contribution is -0.131. The first kappa shape index (κ1) is 19.1. The first-order valence-electron chi connectivity index (χ1n) is 9.36. The Kier molecular flexibility index (Phi) is 5.81. The maximum Gasteiger partial charge on any atom is 0.283 e. The van der Waals surface area contributed by atoms with Crippen LogP contribution in [0.3, 0.4) is 0 Å². The van der Waals surface area contributed by atoms with Crippen molar-refractivity contribution >= 4 is 17.2 Å². The monoisotopic (exact) mass is 408 g/mol. The molecule has 1 amide bonds. The zero-order valence-electron chi connectivity index (χ0n) is 15.9. The smallest absolute Gasteiger partial charge is 0.283 e. The van der Waals surface area contributed by atoms with Gasteiger partial charge in [0.2, 0.25) is 11.8 Å². The minimum atomic E-state index is -0.0190. The van der Waals surface area contributed by atoms with Crippen molar-refractivity contribution in [1.29, 1.82) is 0 Å². The van der Waals surface area contributed by atoms with Crippen LogP contribution in [-0.2, 0) is 17.8 Å². The third kappa shape index (κ3) is 4.60. The van der Waals surface area contributed by atoms with E-state index in [9.17, 15) is 4.79 Å². The number of carbonyl (C=O) groups excluding carboxylic acids is 1. The van der Waals surface area contributed by atoms with E-state index in [1.54, 1.807) is 34.6 Å². The van der Waals surface area contributed by atoms with E-state index in [1.807, 2.05) is 42.6 Å². The molecule has 0 unspecified atom stereocenters. The van der Waals surface area contributed by atoms with Crippen LogP contribution in [0.15, 0.2) is 62.9 Å². The summed E-state index contributed by atoms with van der Waals surface area (Å²) in [7, 11) is 0. The molecule has 1 aromatic carbocycles. The average Bonchev–Trinajstić information content (AvgIpc) is 3.50. The minimum absolute atomic E-state index is 0.0190. The number of rotatable bonds is 8. The highest BCUT2D eigenvalue weighted by molar-refractivity contribution is 7.13. The molecule has 4 aromatic rings. The van der Waals surface area contributed by atoms with E-state index in [2.05, 4.69) is 15.2 Å². The van der Waals surface area contributed by atoms with Gasteiger partial charge in [-0.3, -0.25) is 4.79 Å². The summed E-state index contributed by atoms with van der Waals surface area (Å²) in [6, 6.07) is 13.5. The second-order valence-electron chi connectivity index (χ2n) is 6.48. The van der Waals surface area contributed by atoms with Crippen molar-refractivity contribution in [3.05, 3.63) is 65.7 Å². The lowest BCUT2D eigenvalue weighted by atomic mass is 10.2. The molecule has 8 heteroatoms. The van der Waals surface area contributed by atoms with Crippen molar-refractivity contribution in [1.82, 2.24) is 20.1 Å². The van der Waals surface area contributed by atoms with Gasteiger partial charge in [-0.1, -0.05) is 37.3 Å². The van der Waals surface area contributed by atoms with Gasteiger partial charge in [0, 0.05) is 17.5 Å². The number of hydrogen-bond acceptors (Lipinski definition) is 7. The van der Waals surface area contributed by atoms with Gasteiger partial charge in [-0.25, -0.2) is 4.98 Å². The molecule has 3 heterocycles. The molecule has 3 aromatic heterocycles. The van der Waals surface area contributed by atoms with E-state index >= 15 is 0 Å². The molecule has 0 saturated carbocycles. The molecular formula is C21H20N4O3S. The van der Waals surface area contributed by atoms with Crippen molar-refractivity contribution < 1.29 is 13.6 Å². The molecule has 0 saturated heterocycles. The predicted octanol–water partition coefficient (Wildman–Crippen LogP) is 4.43. The number of carbonyl (C=O) groups is 1. The summed E-state index contributed by atoms with van der Waals surface area (Å²) < 4.78 is 10.9. The summed E-state index contributed by atoms with van der Waals surface area (Å²) in [5.74, 6) is 1.17. The van der Waals surface area contributed by atoms with Crippen molar-refractivity contribution in [3.63, 3.8) is 0 Å². The molecule has 148 valence electrons. The van der Waals surface area contributed by atoms with Crippen molar-refractivity contribution in [3.8, 4) is 22.2 Å². The van der Waals surface area contributed by atoms with Crippen LogP contribution in [0.5, 0.6) is 0 Å². The molecule has 0 spiro atoms. The van der Waals surface area contributed by atoms with Crippen LogP contribution in [0.25, 0.3) is 22.2 Å². The highest BCUT2D eigenvalue weighted by Gasteiger charge is 2.19. The summed E-state index contributed by atoms with van der Waals surface area (Å²) >= 11 is 1.54. The number of benzene rings is 1. The van der Waals surface area contributed by atoms with Crippen LogP contribution in [0.1, 0.15) is 24.9 Å². The van der Waals surface area contributed by atoms with Crippen LogP contribution >= 0.6 is 11.3 Å². The Morgan fingerprint density at radius 3 is 2.76 bits per heavy atom. The molecule has 0 aliphatic rings. The van der Waals surface area contributed by atoms with Gasteiger partial charge in [0.25, 0.3) is 5.89 Å². The highest BCUT2D eigenvalue weighted by atomic mass is 32.1. The summed E-state index contributed by atoms with van der Waals surface area (Å²) in [4.78, 5) is 19.2. The first-order valence-corrected chi connectivity index (χ1v) is 10.2. The largest absolute Gasteiger partial charge is 0.459 e. The Labute approximate surface area is 172 Å². The van der Waals surface area contributed by atoms with E-state index < -0.39 is 0 Å². The summed E-state index contributed by atoms with van der Waals surface area (Å²) in [5, 5.41) is 10.9. The topological polar surface area (TPSA) is 85.3 Å². The molecule has 0 radical (unpaired) electrons. The quantitative estimate of drug-likeness (QED) is 0.429. The fraction of sp³-hybridized carbons (Fsp3) is 0.238. The normalized spacial score (nSPS) is 10.9. The fourth-order valence-corrected chi connectivity index (χ4v) is 3.74. The van der Waals surface area contributed by atoms with E-state index in [1.165, 1.54) is 0 Å². The maximum atomic E-state index is 12.9. The predicted molar refractivity (Wildman–Crippen MR) is 109 cm³/mol. The number of amides is 1. The van der Waals surface area contributed by atoms with E-state index in [0.29, 0.717) is 24.1 Å². The summed E-state index contributed by atoms with van der Waals surface area (Å²) in [5.41, 5.74) is 1.82. The molecular weight excluding hydrogens is 388 g/mol. The van der Waals surface area contributed by atoms with Gasteiger partial charge in [0.05, 0.1) is 24.9 Å². The molecule has 7 nitrogen and oxygen atoms in total. The van der Waals surface area contributed by atoms with Gasteiger partial charge in [0.1, 0.15) is 5.01 Å². The fourth-order valence-electron chi connectivity index (χ4n) is 2.91. The van der Waals surface area contributed by atoms with Crippen molar-refractivity contribution in [2.45, 2.75) is 26.3 Å². The SMILES string of the molecule is CCCN(Cc1nnc(-c2ccco2)o1)C(=O)Cc1csc(-c2ccccc2)n1. The van der Waals surface area contributed by atoms with Crippen LogP contribution in [0, 0.1) is 0 Å². The lowest BCUT2D eigenvalue weighted by Gasteiger charge is -2.19. The Morgan fingerprint density at radius 2 is 2.00 bits per heavy atom. The molecule has 0 atom stereocenters. The van der Waals surface area contributed by atoms with Gasteiger partial charge in [-0.15, -0.1) is 21.5 Å². The Morgan fingerprint density at radius 1 is 1.14 bits per heavy atom. The zero-order valence-corrected chi connectivity index (χ0v) is 16.8. The Bertz CT molecular complexity index is 1060. The Balaban J connectivity index is 1.43. The molecule has 0 N–H and O–H groups in total. The van der Waals surface area contributed by atoms with Crippen LogP contribution in [-0.4, -0.2) is 32.5 Å². The van der Waals surface area contributed by atoms with Crippen molar-refractivity contribution in [2.75, 3.05) is 6.54 Å². The van der Waals surface area contributed by atoms with Gasteiger partial charge < -0.3 is 13.7 Å². The first-order chi connectivity index (χ1) is 14.2. The number of nitrogens with zero attached hydrogens (tertiary/aromatic N) is 4. The van der Waals surface area contributed by atoms with Gasteiger partial charge in [-0.2, -0.15) is 0 Å². The van der Waals surface area contributed by atoms with Crippen LogP contribution in [0.4, 0.5) is 0 Å². The number of thiazole rings is 1. The van der Waals surface area contributed by atoms with Gasteiger partial charge in [-0.05, 0) is 18.6 Å². The summed E-state index contributed by atoms with van der Waals surface area (Å²) in [6.45, 7) is 2.89. The van der Waals surface area contributed by atoms with E-state index in [4.69, 9.17) is 8.83 Å². The molecule has 0 aliphatic carbocycles. The minimum Gasteiger partial charge on any atom is -0.459 e. The number of furan rings is 1. The number of aromatic nitrogens is 3. The van der Waals surface area contributed by atoms with Gasteiger partial charge >= 0.3 is 0 Å². The molecule has 4 rings (SSSR count). The number of hydrogen-bond donors (Lipinski definition) is 0. The van der Waals surface area contributed by atoms with E-state index in [-0.39, 0.29) is 18.9 Å². The molecule has 0 aliphatic heterocycles. The zero-order chi connectivity index (χ0) is 20.1. The summed E-state index contributed by atoms with van der Waals surface area (Å²) in [6.07, 6.45) is 2.61. The average molecular weight is 408 g/mol. The molecule has 0 fully saturated rings. The second kappa shape index (κ2) is 8.83. The standard InChI is InChI=1S/C21H20N4O3S/c1-2-10-25(13-18-23-24-20(28-18)17-9-6-11-27-17)19(26)12-16-14-29-21(22-16)15-7-4-3-5-8-15/h3-9,11,14H,2,10,12-13H2,1H3. The Hall–Kier alpha value is -3.26. The van der Waals surface area contributed by atoms with Gasteiger partial charge in [0.15, 0.2) is 5.76 Å². The molecule has 0 bridgehead atoms. The van der Waals surface area contributed by atoms with Crippen molar-refractivity contribution in [2.24, 2.45) is 0 Å². The highest BCUT2D eigenvalue weighted by Crippen LogP contribution is 2.24. The van der Waals surface area contributed by atoms with Crippen LogP contribution < -0.4 is 0 Å². The maximum absolute atomic E-state index is 12.9. The lowest BCUT2D eigenvalue weighted by Crippen LogP contribution is -2.32. The van der Waals surface area contributed by atoms with E-state index in [0.717, 1.165) is 22.7 Å².